The van der Waals surface area contributed by atoms with E-state index < -0.39 is 0 Å². The molecule has 0 aromatic heterocycles. The molecule has 2 aromatic carbocycles. The van der Waals surface area contributed by atoms with E-state index in [0.29, 0.717) is 0 Å². The molecule has 2 nitrogen and oxygen atoms in total. The van der Waals surface area contributed by atoms with Crippen LogP contribution in [0, 0.1) is 0 Å². The predicted molar refractivity (Wildman–Crippen MR) is 52.8 cm³/mol. The molecule has 0 fully saturated rings. The molecule has 12 heavy (non-hydrogen) atoms. The van der Waals surface area contributed by atoms with Gasteiger partial charge in [0.25, 0.3) is 0 Å². The van der Waals surface area contributed by atoms with Gasteiger partial charge in [0.05, 0.1) is 0 Å². The summed E-state index contributed by atoms with van der Waals surface area (Å²) in [6.45, 7) is 0. The fourth-order valence-corrected chi connectivity index (χ4v) is 1.33. The third-order valence-corrected chi connectivity index (χ3v) is 1.94. The molecule has 0 aliphatic heterocycles. The standard InChI is InChI=1S/C10H10N2/c11-8-4-5-9-7(6-8)2-1-3-10(9)12/h1-6H,11-12H2. The van der Waals surface area contributed by atoms with E-state index in [2.05, 4.69) is 0 Å². The van der Waals surface area contributed by atoms with Crippen LogP contribution in [-0.4, -0.2) is 0 Å². The Balaban J connectivity index is 2.86. The maximum atomic E-state index is 5.77. The second-order valence-corrected chi connectivity index (χ2v) is 2.83. The highest BCUT2D eigenvalue weighted by atomic mass is 14.6. The van der Waals surface area contributed by atoms with Gasteiger partial charge in [-0.05, 0) is 23.6 Å². The lowest BCUT2D eigenvalue weighted by Gasteiger charge is -2.01. The van der Waals surface area contributed by atoms with E-state index in [1.807, 2.05) is 36.4 Å². The molecule has 0 bridgehead atoms. The molecule has 0 saturated carbocycles. The van der Waals surface area contributed by atoms with Gasteiger partial charge in [0, 0.05) is 16.8 Å². The van der Waals surface area contributed by atoms with Gasteiger partial charge < -0.3 is 11.5 Å². The van der Waals surface area contributed by atoms with Crippen molar-refractivity contribution in [1.82, 2.24) is 0 Å². The lowest BCUT2D eigenvalue weighted by Crippen LogP contribution is -1.88. The van der Waals surface area contributed by atoms with Gasteiger partial charge in [-0.2, -0.15) is 0 Å². The van der Waals surface area contributed by atoms with Crippen molar-refractivity contribution in [2.45, 2.75) is 0 Å². The number of benzene rings is 2. The number of hydrogen-bond donors (Lipinski definition) is 2. The minimum atomic E-state index is 0.771. The topological polar surface area (TPSA) is 52.0 Å². The van der Waals surface area contributed by atoms with Crippen molar-refractivity contribution in [3.05, 3.63) is 36.4 Å². The van der Waals surface area contributed by atoms with Crippen LogP contribution in [0.2, 0.25) is 0 Å². The summed E-state index contributed by atoms with van der Waals surface area (Å²) < 4.78 is 0. The highest BCUT2D eigenvalue weighted by molar-refractivity contribution is 5.94. The van der Waals surface area contributed by atoms with Gasteiger partial charge in [-0.15, -0.1) is 0 Å². The van der Waals surface area contributed by atoms with Crippen LogP contribution in [0.1, 0.15) is 0 Å². The minimum Gasteiger partial charge on any atom is -0.399 e. The monoisotopic (exact) mass is 158 g/mol. The van der Waals surface area contributed by atoms with Gasteiger partial charge in [0.15, 0.2) is 0 Å². The van der Waals surface area contributed by atoms with E-state index in [1.165, 1.54) is 0 Å². The van der Waals surface area contributed by atoms with E-state index in [-0.39, 0.29) is 0 Å². The van der Waals surface area contributed by atoms with E-state index in [4.69, 9.17) is 11.5 Å². The fraction of sp³-hybridized carbons (Fsp3) is 0. The van der Waals surface area contributed by atoms with Gasteiger partial charge in [-0.1, -0.05) is 18.2 Å². The Kier molecular flexibility index (Phi) is 1.40. The molecule has 0 spiro atoms. The number of fused-ring (bicyclic) bond motifs is 1. The molecular formula is C10H10N2. The van der Waals surface area contributed by atoms with Crippen LogP contribution < -0.4 is 11.5 Å². The summed E-state index contributed by atoms with van der Waals surface area (Å²) in [4.78, 5) is 0. The highest BCUT2D eigenvalue weighted by Crippen LogP contribution is 2.22. The molecule has 0 amide bonds. The lowest BCUT2D eigenvalue weighted by atomic mass is 10.1. The van der Waals surface area contributed by atoms with E-state index >= 15 is 0 Å². The minimum absolute atomic E-state index is 0.771. The van der Waals surface area contributed by atoms with Crippen LogP contribution in [0.15, 0.2) is 36.4 Å². The zero-order valence-electron chi connectivity index (χ0n) is 6.62. The molecule has 2 heteroatoms. The van der Waals surface area contributed by atoms with Crippen molar-refractivity contribution < 1.29 is 0 Å². The van der Waals surface area contributed by atoms with Crippen molar-refractivity contribution in [3.8, 4) is 0 Å². The zero-order chi connectivity index (χ0) is 8.55. The average Bonchev–Trinajstić information content (AvgIpc) is 2.04. The number of nitrogens with two attached hydrogens (primary N) is 2. The highest BCUT2D eigenvalue weighted by Gasteiger charge is 1.95. The van der Waals surface area contributed by atoms with Crippen LogP contribution in [0.5, 0.6) is 0 Å². The van der Waals surface area contributed by atoms with E-state index in [1.54, 1.807) is 0 Å². The summed E-state index contributed by atoms with van der Waals surface area (Å²) in [5.74, 6) is 0. The summed E-state index contributed by atoms with van der Waals surface area (Å²) in [6.07, 6.45) is 0. The zero-order valence-corrected chi connectivity index (χ0v) is 6.62. The van der Waals surface area contributed by atoms with E-state index in [0.717, 1.165) is 22.1 Å². The van der Waals surface area contributed by atoms with Crippen molar-refractivity contribution >= 4 is 22.1 Å². The summed E-state index contributed by atoms with van der Waals surface area (Å²) in [6, 6.07) is 11.5. The Labute approximate surface area is 70.8 Å². The first-order valence-electron chi connectivity index (χ1n) is 3.81. The second-order valence-electron chi connectivity index (χ2n) is 2.83. The molecule has 0 aliphatic rings. The normalized spacial score (nSPS) is 10.3. The van der Waals surface area contributed by atoms with Gasteiger partial charge in [-0.25, -0.2) is 0 Å². The van der Waals surface area contributed by atoms with Crippen LogP contribution in [0.25, 0.3) is 10.8 Å². The van der Waals surface area contributed by atoms with Gasteiger partial charge in [0.1, 0.15) is 0 Å². The Morgan fingerprint density at radius 1 is 0.917 bits per heavy atom. The lowest BCUT2D eigenvalue weighted by molar-refractivity contribution is 1.71. The maximum Gasteiger partial charge on any atom is 0.0393 e. The SMILES string of the molecule is Nc1ccc2c(N)cccc2c1. The molecular weight excluding hydrogens is 148 g/mol. The van der Waals surface area contributed by atoms with Crippen LogP contribution >= 0.6 is 0 Å². The summed E-state index contributed by atoms with van der Waals surface area (Å²) in [7, 11) is 0. The maximum absolute atomic E-state index is 5.77. The van der Waals surface area contributed by atoms with Crippen molar-refractivity contribution in [2.24, 2.45) is 0 Å². The average molecular weight is 158 g/mol. The number of nitrogen functional groups attached to an aromatic ring is 2. The van der Waals surface area contributed by atoms with Crippen LogP contribution in [-0.2, 0) is 0 Å². The molecule has 0 atom stereocenters. The summed E-state index contributed by atoms with van der Waals surface area (Å²) in [5.41, 5.74) is 13.0. The Bertz CT molecular complexity index is 421. The predicted octanol–water partition coefficient (Wildman–Crippen LogP) is 2.00. The molecule has 0 unspecified atom stereocenters. The molecule has 4 N–H and O–H groups in total. The summed E-state index contributed by atoms with van der Waals surface area (Å²) >= 11 is 0. The first-order chi connectivity index (χ1) is 5.77. The Morgan fingerprint density at radius 2 is 1.75 bits per heavy atom. The molecule has 60 valence electrons. The Morgan fingerprint density at radius 3 is 2.58 bits per heavy atom. The van der Waals surface area contributed by atoms with Crippen LogP contribution in [0.4, 0.5) is 11.4 Å². The molecule has 0 heterocycles. The van der Waals surface area contributed by atoms with E-state index in [9.17, 15) is 0 Å². The van der Waals surface area contributed by atoms with Gasteiger partial charge in [0.2, 0.25) is 0 Å². The molecule has 0 saturated heterocycles. The third-order valence-electron chi connectivity index (χ3n) is 1.94. The molecule has 2 rings (SSSR count). The number of hydrogen-bond acceptors (Lipinski definition) is 2. The van der Waals surface area contributed by atoms with Gasteiger partial charge in [-0.3, -0.25) is 0 Å². The summed E-state index contributed by atoms with van der Waals surface area (Å²) in [5, 5.41) is 2.15. The second kappa shape index (κ2) is 2.41. The fourth-order valence-electron chi connectivity index (χ4n) is 1.33. The quantitative estimate of drug-likeness (QED) is 0.576. The largest absolute Gasteiger partial charge is 0.399 e. The molecule has 0 aliphatic carbocycles. The molecule has 2 aromatic rings. The first-order valence-corrected chi connectivity index (χ1v) is 3.81. The Hall–Kier alpha value is -1.70. The van der Waals surface area contributed by atoms with Crippen molar-refractivity contribution in [1.29, 1.82) is 0 Å². The first kappa shape index (κ1) is 6.98. The van der Waals surface area contributed by atoms with Crippen LogP contribution in [0.3, 0.4) is 0 Å². The smallest absolute Gasteiger partial charge is 0.0393 e. The van der Waals surface area contributed by atoms with Crippen molar-refractivity contribution in [3.63, 3.8) is 0 Å². The van der Waals surface area contributed by atoms with Gasteiger partial charge >= 0.3 is 0 Å². The third kappa shape index (κ3) is 0.975. The number of anilines is 2. The number of rotatable bonds is 0. The van der Waals surface area contributed by atoms with Crippen molar-refractivity contribution in [2.75, 3.05) is 11.5 Å². The molecule has 0 radical (unpaired) electrons.